The van der Waals surface area contributed by atoms with Gasteiger partial charge >= 0.3 is 0 Å². The zero-order valence-electron chi connectivity index (χ0n) is 13.4. The van der Waals surface area contributed by atoms with Gasteiger partial charge in [-0.2, -0.15) is 0 Å². The Hall–Kier alpha value is -2.93. The molecule has 4 rings (SSSR count). The van der Waals surface area contributed by atoms with Gasteiger partial charge in [-0.3, -0.25) is 4.79 Å². The first-order valence-electron chi connectivity index (χ1n) is 7.96. The van der Waals surface area contributed by atoms with E-state index in [-0.39, 0.29) is 19.2 Å². The maximum absolute atomic E-state index is 12.2. The highest BCUT2D eigenvalue weighted by molar-refractivity contribution is 5.94. The van der Waals surface area contributed by atoms with E-state index in [1.807, 2.05) is 0 Å². The van der Waals surface area contributed by atoms with Gasteiger partial charge in [-0.05, 0) is 35.9 Å². The van der Waals surface area contributed by atoms with Crippen molar-refractivity contribution in [2.75, 3.05) is 26.6 Å². The first kappa shape index (κ1) is 15.6. The molecule has 130 valence electrons. The Labute approximate surface area is 144 Å². The number of ether oxygens (including phenoxy) is 4. The molecule has 0 spiro atoms. The Morgan fingerprint density at radius 3 is 2.52 bits per heavy atom. The summed E-state index contributed by atoms with van der Waals surface area (Å²) in [5, 5.41) is 13.0. The van der Waals surface area contributed by atoms with Gasteiger partial charge in [-0.15, -0.1) is 0 Å². The van der Waals surface area contributed by atoms with E-state index in [1.54, 1.807) is 36.4 Å². The minimum Gasteiger partial charge on any atom is -0.486 e. The molecule has 7 nitrogen and oxygen atoms in total. The van der Waals surface area contributed by atoms with E-state index in [4.69, 9.17) is 18.9 Å². The van der Waals surface area contributed by atoms with Crippen LogP contribution < -0.4 is 24.3 Å². The number of benzene rings is 2. The number of fused-ring (bicyclic) bond motifs is 2. The Kier molecular flexibility index (Phi) is 4.07. The Morgan fingerprint density at radius 2 is 1.64 bits per heavy atom. The third-order valence-electron chi connectivity index (χ3n) is 4.04. The molecule has 7 heteroatoms. The molecular weight excluding hydrogens is 326 g/mol. The maximum Gasteiger partial charge on any atom is 0.251 e. The molecule has 2 aliphatic rings. The number of amides is 1. The maximum atomic E-state index is 12.2. The van der Waals surface area contributed by atoms with Gasteiger partial charge in [0.25, 0.3) is 5.91 Å². The molecule has 25 heavy (non-hydrogen) atoms. The molecule has 1 unspecified atom stereocenters. The normalized spacial score (nSPS) is 15.6. The lowest BCUT2D eigenvalue weighted by atomic mass is 10.1. The minimum atomic E-state index is -0.853. The molecule has 0 bridgehead atoms. The number of aliphatic hydroxyl groups is 1. The average molecular weight is 343 g/mol. The van der Waals surface area contributed by atoms with Gasteiger partial charge in [-0.1, -0.05) is 6.07 Å². The summed E-state index contributed by atoms with van der Waals surface area (Å²) in [6, 6.07) is 10.2. The van der Waals surface area contributed by atoms with Crippen LogP contribution in [0, 0.1) is 0 Å². The molecule has 0 saturated heterocycles. The van der Waals surface area contributed by atoms with Gasteiger partial charge in [0.2, 0.25) is 6.79 Å². The number of aliphatic hydroxyl groups excluding tert-OH is 1. The number of hydrogen-bond donors (Lipinski definition) is 2. The van der Waals surface area contributed by atoms with E-state index in [0.29, 0.717) is 47.3 Å². The average Bonchev–Trinajstić information content (AvgIpc) is 3.13. The lowest BCUT2D eigenvalue weighted by molar-refractivity contribution is 0.0915. The second-order valence-corrected chi connectivity index (χ2v) is 5.70. The zero-order valence-corrected chi connectivity index (χ0v) is 13.4. The van der Waals surface area contributed by atoms with E-state index in [1.165, 1.54) is 0 Å². The molecule has 2 aromatic rings. The van der Waals surface area contributed by atoms with Crippen LogP contribution in [0.3, 0.4) is 0 Å². The number of carbonyl (C=O) groups excluding carboxylic acids is 1. The summed E-state index contributed by atoms with van der Waals surface area (Å²) in [6.45, 7) is 1.23. The monoisotopic (exact) mass is 343 g/mol. The first-order valence-corrected chi connectivity index (χ1v) is 7.96. The molecule has 0 fully saturated rings. The van der Waals surface area contributed by atoms with Crippen molar-refractivity contribution >= 4 is 5.91 Å². The third kappa shape index (κ3) is 3.18. The van der Waals surface area contributed by atoms with Crippen LogP contribution in [-0.2, 0) is 0 Å². The quantitative estimate of drug-likeness (QED) is 0.878. The second kappa shape index (κ2) is 6.52. The van der Waals surface area contributed by atoms with Crippen LogP contribution >= 0.6 is 0 Å². The van der Waals surface area contributed by atoms with Gasteiger partial charge in [0, 0.05) is 12.1 Å². The zero-order chi connectivity index (χ0) is 17.2. The number of carbonyl (C=O) groups is 1. The van der Waals surface area contributed by atoms with E-state index in [0.717, 1.165) is 0 Å². The Bertz CT molecular complexity index is 806. The SMILES string of the molecule is O=C(NCC(O)c1ccc2c(c1)OCCO2)c1ccc2c(c1)OCO2. The molecule has 0 radical (unpaired) electrons. The van der Waals surface area contributed by atoms with Gasteiger partial charge in [0.1, 0.15) is 13.2 Å². The predicted octanol–water partition coefficient (Wildman–Crippen LogP) is 1.65. The summed E-state index contributed by atoms with van der Waals surface area (Å²) >= 11 is 0. The molecular formula is C18H17NO6. The van der Waals surface area contributed by atoms with Crippen LogP contribution in [0.2, 0.25) is 0 Å². The summed E-state index contributed by atoms with van der Waals surface area (Å²) in [5.74, 6) is 2.12. The van der Waals surface area contributed by atoms with Crippen molar-refractivity contribution in [3.05, 3.63) is 47.5 Å². The fraction of sp³-hybridized carbons (Fsp3) is 0.278. The Morgan fingerprint density at radius 1 is 0.960 bits per heavy atom. The van der Waals surface area contributed by atoms with Crippen LogP contribution in [-0.4, -0.2) is 37.6 Å². The number of rotatable bonds is 4. The van der Waals surface area contributed by atoms with E-state index in [9.17, 15) is 9.90 Å². The summed E-state index contributed by atoms with van der Waals surface area (Å²) < 4.78 is 21.4. The van der Waals surface area contributed by atoms with Gasteiger partial charge in [-0.25, -0.2) is 0 Å². The van der Waals surface area contributed by atoms with Gasteiger partial charge < -0.3 is 29.4 Å². The molecule has 0 saturated carbocycles. The fourth-order valence-electron chi connectivity index (χ4n) is 2.71. The molecule has 0 aromatic heterocycles. The van der Waals surface area contributed by atoms with Crippen molar-refractivity contribution in [3.63, 3.8) is 0 Å². The van der Waals surface area contributed by atoms with Crippen LogP contribution in [0.1, 0.15) is 22.0 Å². The molecule has 2 heterocycles. The van der Waals surface area contributed by atoms with Crippen molar-refractivity contribution in [2.24, 2.45) is 0 Å². The van der Waals surface area contributed by atoms with Crippen molar-refractivity contribution in [1.82, 2.24) is 5.32 Å². The second-order valence-electron chi connectivity index (χ2n) is 5.70. The third-order valence-corrected chi connectivity index (χ3v) is 4.04. The highest BCUT2D eigenvalue weighted by Gasteiger charge is 2.18. The Balaban J connectivity index is 1.40. The molecule has 1 atom stereocenters. The largest absolute Gasteiger partial charge is 0.486 e. The molecule has 2 aromatic carbocycles. The lowest BCUT2D eigenvalue weighted by Crippen LogP contribution is -2.28. The van der Waals surface area contributed by atoms with E-state index < -0.39 is 6.10 Å². The summed E-state index contributed by atoms with van der Waals surface area (Å²) in [5.41, 5.74) is 1.09. The van der Waals surface area contributed by atoms with Crippen molar-refractivity contribution in [1.29, 1.82) is 0 Å². The van der Waals surface area contributed by atoms with Crippen molar-refractivity contribution in [3.8, 4) is 23.0 Å². The van der Waals surface area contributed by atoms with Gasteiger partial charge in [0.05, 0.1) is 6.10 Å². The van der Waals surface area contributed by atoms with Crippen LogP contribution in [0.15, 0.2) is 36.4 Å². The number of nitrogens with one attached hydrogen (secondary N) is 1. The first-order chi connectivity index (χ1) is 12.2. The van der Waals surface area contributed by atoms with Crippen LogP contribution in [0.4, 0.5) is 0 Å². The summed E-state index contributed by atoms with van der Waals surface area (Å²) in [6.07, 6.45) is -0.853. The predicted molar refractivity (Wildman–Crippen MR) is 87.3 cm³/mol. The highest BCUT2D eigenvalue weighted by atomic mass is 16.7. The summed E-state index contributed by atoms with van der Waals surface area (Å²) in [4.78, 5) is 12.2. The van der Waals surface area contributed by atoms with Crippen LogP contribution in [0.25, 0.3) is 0 Å². The molecule has 0 aliphatic carbocycles. The van der Waals surface area contributed by atoms with E-state index in [2.05, 4.69) is 5.32 Å². The standard InChI is InChI=1S/C18H17NO6/c20-13(11-1-3-14-16(7-11)23-6-5-22-14)9-19-18(21)12-2-4-15-17(8-12)25-10-24-15/h1-4,7-8,13,20H,5-6,9-10H2,(H,19,21). The smallest absolute Gasteiger partial charge is 0.251 e. The van der Waals surface area contributed by atoms with Gasteiger partial charge in [0.15, 0.2) is 23.0 Å². The fourth-order valence-corrected chi connectivity index (χ4v) is 2.71. The highest BCUT2D eigenvalue weighted by Crippen LogP contribution is 2.33. The minimum absolute atomic E-state index is 0.0763. The topological polar surface area (TPSA) is 86.3 Å². The summed E-state index contributed by atoms with van der Waals surface area (Å²) in [7, 11) is 0. The molecule has 1 amide bonds. The lowest BCUT2D eigenvalue weighted by Gasteiger charge is -2.20. The van der Waals surface area contributed by atoms with Crippen molar-refractivity contribution in [2.45, 2.75) is 6.10 Å². The molecule has 2 N–H and O–H groups in total. The van der Waals surface area contributed by atoms with E-state index >= 15 is 0 Å². The molecule has 2 aliphatic heterocycles. The van der Waals surface area contributed by atoms with Crippen LogP contribution in [0.5, 0.6) is 23.0 Å². The van der Waals surface area contributed by atoms with Crippen molar-refractivity contribution < 1.29 is 28.8 Å². The number of hydrogen-bond acceptors (Lipinski definition) is 6.